The summed E-state index contributed by atoms with van der Waals surface area (Å²) in [6.07, 6.45) is 0. The predicted molar refractivity (Wildman–Crippen MR) is 57.3 cm³/mol. The van der Waals surface area contributed by atoms with Crippen molar-refractivity contribution in [2.75, 3.05) is 20.3 Å². The van der Waals surface area contributed by atoms with E-state index < -0.39 is 0 Å². The molecule has 78 valence electrons. The minimum atomic E-state index is 0.489. The van der Waals surface area contributed by atoms with E-state index in [-0.39, 0.29) is 0 Å². The lowest BCUT2D eigenvalue weighted by molar-refractivity contribution is 0.325. The highest BCUT2D eigenvalue weighted by molar-refractivity contribution is 6.32. The Hall–Kier alpha value is -0.930. The van der Waals surface area contributed by atoms with E-state index in [0.29, 0.717) is 23.9 Å². The summed E-state index contributed by atoms with van der Waals surface area (Å²) in [4.78, 5) is 0. The van der Waals surface area contributed by atoms with Gasteiger partial charge in [-0.1, -0.05) is 11.6 Å². The predicted octanol–water partition coefficient (Wildman–Crippen LogP) is 1.99. The molecule has 1 rings (SSSR count). The van der Waals surface area contributed by atoms with Gasteiger partial charge in [0, 0.05) is 12.6 Å². The Bertz CT molecular complexity index is 315. The molecule has 1 aromatic rings. The zero-order valence-electron chi connectivity index (χ0n) is 8.34. The van der Waals surface area contributed by atoms with E-state index in [2.05, 4.69) is 0 Å². The third kappa shape index (κ3) is 2.53. The minimum Gasteiger partial charge on any atom is -0.495 e. The Labute approximate surface area is 88.8 Å². The maximum atomic E-state index is 5.94. The monoisotopic (exact) mass is 215 g/mol. The molecule has 0 atom stereocenters. The summed E-state index contributed by atoms with van der Waals surface area (Å²) >= 11 is 5.94. The number of aryl methyl sites for hydroxylation is 1. The van der Waals surface area contributed by atoms with Crippen LogP contribution in [0.2, 0.25) is 5.02 Å². The molecule has 14 heavy (non-hydrogen) atoms. The first kappa shape index (κ1) is 11.1. The van der Waals surface area contributed by atoms with Crippen LogP contribution < -0.4 is 15.2 Å². The first-order valence-corrected chi connectivity index (χ1v) is 4.74. The van der Waals surface area contributed by atoms with E-state index >= 15 is 0 Å². The second kappa shape index (κ2) is 5.08. The lowest BCUT2D eigenvalue weighted by Crippen LogP contribution is -2.11. The van der Waals surface area contributed by atoms with Gasteiger partial charge in [0.15, 0.2) is 0 Å². The third-order valence-electron chi connectivity index (χ3n) is 1.82. The van der Waals surface area contributed by atoms with Crippen LogP contribution in [0, 0.1) is 6.92 Å². The Kier molecular flexibility index (Phi) is 4.04. The molecule has 0 saturated carbocycles. The van der Waals surface area contributed by atoms with Gasteiger partial charge in [-0.3, -0.25) is 0 Å². The zero-order chi connectivity index (χ0) is 10.6. The van der Waals surface area contributed by atoms with Crippen molar-refractivity contribution in [3.05, 3.63) is 22.7 Å². The fraction of sp³-hybridized carbons (Fsp3) is 0.400. The van der Waals surface area contributed by atoms with Gasteiger partial charge in [-0.15, -0.1) is 0 Å². The van der Waals surface area contributed by atoms with Crippen molar-refractivity contribution >= 4 is 11.6 Å². The number of rotatable bonds is 4. The molecular weight excluding hydrogens is 202 g/mol. The van der Waals surface area contributed by atoms with Crippen molar-refractivity contribution in [3.8, 4) is 11.5 Å². The van der Waals surface area contributed by atoms with Gasteiger partial charge in [-0.2, -0.15) is 0 Å². The molecule has 0 saturated heterocycles. The van der Waals surface area contributed by atoms with Gasteiger partial charge in [0.2, 0.25) is 0 Å². The third-order valence-corrected chi connectivity index (χ3v) is 2.12. The standard InChI is InChI=1S/C10H14ClNO2/c1-7-5-10(13-2)8(11)6-9(7)14-4-3-12/h5-6H,3-4,12H2,1-2H3. The maximum Gasteiger partial charge on any atom is 0.137 e. The van der Waals surface area contributed by atoms with Crippen LogP contribution in [0.4, 0.5) is 0 Å². The van der Waals surface area contributed by atoms with E-state index in [4.69, 9.17) is 26.8 Å². The number of hydrogen-bond acceptors (Lipinski definition) is 3. The number of ether oxygens (including phenoxy) is 2. The minimum absolute atomic E-state index is 0.489. The lowest BCUT2D eigenvalue weighted by Gasteiger charge is -2.10. The van der Waals surface area contributed by atoms with Crippen molar-refractivity contribution in [1.82, 2.24) is 0 Å². The van der Waals surface area contributed by atoms with Crippen molar-refractivity contribution in [2.24, 2.45) is 5.73 Å². The number of nitrogens with two attached hydrogens (primary N) is 1. The average Bonchev–Trinajstić information content (AvgIpc) is 2.18. The molecule has 0 aliphatic heterocycles. The second-order valence-electron chi connectivity index (χ2n) is 2.89. The van der Waals surface area contributed by atoms with Crippen LogP contribution in [0.25, 0.3) is 0 Å². The highest BCUT2D eigenvalue weighted by Gasteiger charge is 2.06. The van der Waals surface area contributed by atoms with Gasteiger partial charge in [0.25, 0.3) is 0 Å². The van der Waals surface area contributed by atoms with Gasteiger partial charge < -0.3 is 15.2 Å². The highest BCUT2D eigenvalue weighted by Crippen LogP contribution is 2.31. The number of benzene rings is 1. The second-order valence-corrected chi connectivity index (χ2v) is 3.30. The molecule has 0 fully saturated rings. The van der Waals surface area contributed by atoms with Gasteiger partial charge in [-0.25, -0.2) is 0 Å². The van der Waals surface area contributed by atoms with Crippen molar-refractivity contribution in [2.45, 2.75) is 6.92 Å². The Morgan fingerprint density at radius 3 is 2.64 bits per heavy atom. The SMILES string of the molecule is COc1cc(C)c(OCCN)cc1Cl. The summed E-state index contributed by atoms with van der Waals surface area (Å²) in [6.45, 7) is 2.91. The number of hydrogen-bond donors (Lipinski definition) is 1. The molecule has 0 radical (unpaired) electrons. The average molecular weight is 216 g/mol. The van der Waals surface area contributed by atoms with Gasteiger partial charge in [0.05, 0.1) is 12.1 Å². The molecule has 0 spiro atoms. The first-order valence-electron chi connectivity index (χ1n) is 4.36. The van der Waals surface area contributed by atoms with Crippen LogP contribution in [0.3, 0.4) is 0 Å². The molecule has 0 aliphatic carbocycles. The summed E-state index contributed by atoms with van der Waals surface area (Å²) < 4.78 is 10.5. The molecule has 0 heterocycles. The van der Waals surface area contributed by atoms with Crippen LogP contribution in [0.1, 0.15) is 5.56 Å². The van der Waals surface area contributed by atoms with E-state index in [0.717, 1.165) is 11.3 Å². The van der Waals surface area contributed by atoms with Crippen LogP contribution >= 0.6 is 11.6 Å². The summed E-state index contributed by atoms with van der Waals surface area (Å²) in [5, 5.41) is 0.546. The van der Waals surface area contributed by atoms with Crippen molar-refractivity contribution in [3.63, 3.8) is 0 Å². The van der Waals surface area contributed by atoms with Gasteiger partial charge in [-0.05, 0) is 18.6 Å². The topological polar surface area (TPSA) is 44.5 Å². The zero-order valence-corrected chi connectivity index (χ0v) is 9.10. The lowest BCUT2D eigenvalue weighted by atomic mass is 10.2. The highest BCUT2D eigenvalue weighted by atomic mass is 35.5. The largest absolute Gasteiger partial charge is 0.495 e. The van der Waals surface area contributed by atoms with E-state index in [9.17, 15) is 0 Å². The maximum absolute atomic E-state index is 5.94. The Morgan fingerprint density at radius 1 is 1.36 bits per heavy atom. The van der Waals surface area contributed by atoms with Crippen LogP contribution in [0.5, 0.6) is 11.5 Å². The number of halogens is 1. The normalized spacial score (nSPS) is 10.0. The summed E-state index contributed by atoms with van der Waals surface area (Å²) in [7, 11) is 1.58. The molecule has 0 bridgehead atoms. The van der Waals surface area contributed by atoms with Gasteiger partial charge >= 0.3 is 0 Å². The van der Waals surface area contributed by atoms with Crippen molar-refractivity contribution in [1.29, 1.82) is 0 Å². The molecular formula is C10H14ClNO2. The molecule has 0 aromatic heterocycles. The van der Waals surface area contributed by atoms with Crippen LogP contribution in [-0.2, 0) is 0 Å². The fourth-order valence-electron chi connectivity index (χ4n) is 1.12. The molecule has 3 nitrogen and oxygen atoms in total. The molecule has 2 N–H and O–H groups in total. The van der Waals surface area contributed by atoms with Crippen LogP contribution in [0.15, 0.2) is 12.1 Å². The smallest absolute Gasteiger partial charge is 0.137 e. The molecule has 0 unspecified atom stereocenters. The summed E-state index contributed by atoms with van der Waals surface area (Å²) in [6, 6.07) is 3.58. The summed E-state index contributed by atoms with van der Waals surface area (Å²) in [5.41, 5.74) is 6.32. The molecule has 4 heteroatoms. The quantitative estimate of drug-likeness (QED) is 0.836. The Balaban J connectivity index is 2.90. The van der Waals surface area contributed by atoms with E-state index in [1.165, 1.54) is 0 Å². The summed E-state index contributed by atoms with van der Waals surface area (Å²) in [5.74, 6) is 1.41. The van der Waals surface area contributed by atoms with E-state index in [1.807, 2.05) is 13.0 Å². The van der Waals surface area contributed by atoms with Gasteiger partial charge in [0.1, 0.15) is 18.1 Å². The number of methoxy groups -OCH3 is 1. The van der Waals surface area contributed by atoms with Crippen LogP contribution in [-0.4, -0.2) is 20.3 Å². The molecule has 1 aromatic carbocycles. The molecule has 0 aliphatic rings. The Morgan fingerprint density at radius 2 is 2.07 bits per heavy atom. The van der Waals surface area contributed by atoms with Crippen molar-refractivity contribution < 1.29 is 9.47 Å². The molecule has 0 amide bonds. The fourth-order valence-corrected chi connectivity index (χ4v) is 1.35. The van der Waals surface area contributed by atoms with E-state index in [1.54, 1.807) is 13.2 Å². The first-order chi connectivity index (χ1) is 6.69.